The van der Waals surface area contributed by atoms with Crippen molar-refractivity contribution in [3.63, 3.8) is 0 Å². The number of nitrogens with zero attached hydrogens (tertiary/aromatic N) is 1. The number of hydrogen-bond acceptors (Lipinski definition) is 3. The fraction of sp³-hybridized carbons (Fsp3) is 0.174. The zero-order valence-electron chi connectivity index (χ0n) is 17.3. The molecule has 162 valence electrons. The number of halogens is 2. The van der Waals surface area contributed by atoms with E-state index in [4.69, 9.17) is 11.6 Å². The molecule has 0 bridgehead atoms. The predicted octanol–water partition coefficient (Wildman–Crippen LogP) is 5.31. The van der Waals surface area contributed by atoms with E-state index < -0.39 is 21.7 Å². The number of aryl methyl sites for hydroxylation is 2. The molecule has 0 saturated heterocycles. The monoisotopic (exact) mass is 460 g/mol. The average Bonchev–Trinajstić information content (AvgIpc) is 2.69. The number of amides is 1. The van der Waals surface area contributed by atoms with E-state index >= 15 is 0 Å². The molecule has 3 aromatic rings. The second-order valence-corrected chi connectivity index (χ2v) is 9.66. The molecule has 31 heavy (non-hydrogen) atoms. The van der Waals surface area contributed by atoms with Gasteiger partial charge in [0, 0.05) is 10.7 Å². The van der Waals surface area contributed by atoms with Crippen LogP contribution >= 0.6 is 11.6 Å². The second kappa shape index (κ2) is 9.08. The minimum atomic E-state index is -3.55. The Kier molecular flexibility index (Phi) is 6.67. The van der Waals surface area contributed by atoms with Gasteiger partial charge in [-0.2, -0.15) is 0 Å². The van der Waals surface area contributed by atoms with Crippen LogP contribution in [0.15, 0.2) is 60.7 Å². The van der Waals surface area contributed by atoms with Gasteiger partial charge in [-0.15, -0.1) is 0 Å². The van der Waals surface area contributed by atoms with Crippen molar-refractivity contribution in [2.75, 3.05) is 15.9 Å². The van der Waals surface area contributed by atoms with Gasteiger partial charge in [-0.3, -0.25) is 9.10 Å². The summed E-state index contributed by atoms with van der Waals surface area (Å²) in [5.41, 5.74) is 3.50. The lowest BCUT2D eigenvalue weighted by Gasteiger charge is -2.23. The number of anilines is 2. The molecule has 0 heterocycles. The van der Waals surface area contributed by atoms with E-state index in [9.17, 15) is 17.6 Å². The van der Waals surface area contributed by atoms with E-state index in [1.807, 2.05) is 26.0 Å². The summed E-state index contributed by atoms with van der Waals surface area (Å²) in [4.78, 5) is 12.5. The van der Waals surface area contributed by atoms with Gasteiger partial charge in [-0.25, -0.2) is 12.8 Å². The maximum atomic E-state index is 14.0. The van der Waals surface area contributed by atoms with Crippen molar-refractivity contribution in [1.29, 1.82) is 0 Å². The number of carbonyl (C=O) groups is 1. The second-order valence-electron chi connectivity index (χ2n) is 7.32. The summed E-state index contributed by atoms with van der Waals surface area (Å²) in [6, 6.07) is 15.9. The highest BCUT2D eigenvalue weighted by atomic mass is 35.5. The zero-order chi connectivity index (χ0) is 22.8. The summed E-state index contributed by atoms with van der Waals surface area (Å²) in [5, 5.41) is 2.88. The van der Waals surface area contributed by atoms with E-state index in [0.29, 0.717) is 16.9 Å². The molecule has 0 aliphatic carbocycles. The molecule has 0 aromatic heterocycles. The molecule has 1 N–H and O–H groups in total. The molecule has 0 atom stereocenters. The van der Waals surface area contributed by atoms with Crippen molar-refractivity contribution in [3.8, 4) is 0 Å². The molecule has 8 heteroatoms. The normalized spacial score (nSPS) is 11.3. The summed E-state index contributed by atoms with van der Waals surface area (Å²) in [7, 11) is -3.55. The molecule has 0 fully saturated rings. The van der Waals surface area contributed by atoms with Crippen LogP contribution in [0.3, 0.4) is 0 Å². The van der Waals surface area contributed by atoms with Crippen molar-refractivity contribution < 1.29 is 17.6 Å². The van der Waals surface area contributed by atoms with Crippen molar-refractivity contribution in [2.45, 2.75) is 20.4 Å². The first kappa shape index (κ1) is 22.8. The number of carbonyl (C=O) groups excluding carboxylic acids is 1. The summed E-state index contributed by atoms with van der Waals surface area (Å²) >= 11 is 5.86. The van der Waals surface area contributed by atoms with Gasteiger partial charge in [-0.05, 0) is 73.0 Å². The van der Waals surface area contributed by atoms with Gasteiger partial charge in [0.25, 0.3) is 5.91 Å². The predicted molar refractivity (Wildman–Crippen MR) is 123 cm³/mol. The van der Waals surface area contributed by atoms with Gasteiger partial charge in [0.05, 0.1) is 24.1 Å². The third-order valence-corrected chi connectivity index (χ3v) is 6.24. The molecule has 0 radical (unpaired) electrons. The first-order valence-electron chi connectivity index (χ1n) is 9.45. The topological polar surface area (TPSA) is 66.5 Å². The third-order valence-electron chi connectivity index (χ3n) is 4.86. The molecule has 0 spiro atoms. The van der Waals surface area contributed by atoms with Crippen LogP contribution in [-0.2, 0) is 16.6 Å². The Morgan fingerprint density at radius 3 is 2.45 bits per heavy atom. The van der Waals surface area contributed by atoms with E-state index in [0.717, 1.165) is 23.4 Å². The molecular weight excluding hydrogens is 439 g/mol. The van der Waals surface area contributed by atoms with Crippen LogP contribution in [0.4, 0.5) is 15.8 Å². The van der Waals surface area contributed by atoms with Gasteiger partial charge in [0.1, 0.15) is 5.82 Å². The number of rotatable bonds is 6. The van der Waals surface area contributed by atoms with E-state index in [1.165, 1.54) is 16.4 Å². The van der Waals surface area contributed by atoms with E-state index in [-0.39, 0.29) is 17.1 Å². The zero-order valence-corrected chi connectivity index (χ0v) is 18.9. The molecule has 1 amide bonds. The number of sulfonamides is 1. The lowest BCUT2D eigenvalue weighted by atomic mass is 10.1. The largest absolute Gasteiger partial charge is 0.322 e. The van der Waals surface area contributed by atoms with Crippen LogP contribution in [0.1, 0.15) is 27.0 Å². The fourth-order valence-corrected chi connectivity index (χ4v) is 4.12. The van der Waals surface area contributed by atoms with Crippen molar-refractivity contribution >= 4 is 38.9 Å². The third kappa shape index (κ3) is 5.62. The minimum absolute atomic E-state index is 0.0799. The SMILES string of the molecule is Cc1ccc(N(Cc2cccc(NC(=O)c3cc(Cl)ccc3F)c2)S(C)(=O)=O)cc1C. The number of nitrogens with one attached hydrogen (secondary N) is 1. The Morgan fingerprint density at radius 2 is 1.77 bits per heavy atom. The Morgan fingerprint density at radius 1 is 1.03 bits per heavy atom. The van der Waals surface area contributed by atoms with Crippen LogP contribution < -0.4 is 9.62 Å². The fourth-order valence-electron chi connectivity index (χ4n) is 3.06. The standard InChI is InChI=1S/C23H22ClFN2O3S/c1-15-7-9-20(11-16(15)2)27(31(3,29)30)14-17-5-4-6-19(12-17)26-23(28)21-13-18(24)8-10-22(21)25/h4-13H,14H2,1-3H3,(H,26,28). The minimum Gasteiger partial charge on any atom is -0.322 e. The van der Waals surface area contributed by atoms with Crippen molar-refractivity contribution in [2.24, 2.45) is 0 Å². The lowest BCUT2D eigenvalue weighted by molar-refractivity contribution is 0.102. The molecular formula is C23H22ClFN2O3S. The molecule has 0 saturated carbocycles. The van der Waals surface area contributed by atoms with Gasteiger partial charge >= 0.3 is 0 Å². The molecule has 3 aromatic carbocycles. The number of benzene rings is 3. The van der Waals surface area contributed by atoms with E-state index in [2.05, 4.69) is 5.32 Å². The highest BCUT2D eigenvalue weighted by Crippen LogP contribution is 2.25. The Hall–Kier alpha value is -2.90. The Labute approximate surface area is 186 Å². The summed E-state index contributed by atoms with van der Waals surface area (Å²) in [6.45, 7) is 3.96. The smallest absolute Gasteiger partial charge is 0.258 e. The molecule has 0 unspecified atom stereocenters. The summed E-state index contributed by atoms with van der Waals surface area (Å²) in [6.07, 6.45) is 1.15. The van der Waals surface area contributed by atoms with Crippen LogP contribution in [0.5, 0.6) is 0 Å². The highest BCUT2D eigenvalue weighted by molar-refractivity contribution is 7.92. The molecule has 0 aliphatic rings. The quantitative estimate of drug-likeness (QED) is 0.541. The molecule has 3 rings (SSSR count). The van der Waals surface area contributed by atoms with Crippen LogP contribution in [0, 0.1) is 19.7 Å². The molecule has 5 nitrogen and oxygen atoms in total. The van der Waals surface area contributed by atoms with Crippen molar-refractivity contribution in [1.82, 2.24) is 0 Å². The van der Waals surface area contributed by atoms with Gasteiger partial charge in [0.15, 0.2) is 0 Å². The van der Waals surface area contributed by atoms with Gasteiger partial charge in [-0.1, -0.05) is 29.8 Å². The van der Waals surface area contributed by atoms with Crippen LogP contribution in [-0.4, -0.2) is 20.6 Å². The van der Waals surface area contributed by atoms with Gasteiger partial charge < -0.3 is 5.32 Å². The lowest BCUT2D eigenvalue weighted by Crippen LogP contribution is -2.29. The Bertz CT molecular complexity index is 1250. The maximum absolute atomic E-state index is 14.0. The first-order chi connectivity index (χ1) is 14.5. The van der Waals surface area contributed by atoms with E-state index in [1.54, 1.807) is 30.3 Å². The van der Waals surface area contributed by atoms with Gasteiger partial charge in [0.2, 0.25) is 10.0 Å². The highest BCUT2D eigenvalue weighted by Gasteiger charge is 2.19. The average molecular weight is 461 g/mol. The maximum Gasteiger partial charge on any atom is 0.258 e. The van der Waals surface area contributed by atoms with Crippen molar-refractivity contribution in [3.05, 3.63) is 93.8 Å². The first-order valence-corrected chi connectivity index (χ1v) is 11.7. The Balaban J connectivity index is 1.86. The van der Waals surface area contributed by atoms with Crippen LogP contribution in [0.25, 0.3) is 0 Å². The number of hydrogen-bond donors (Lipinski definition) is 1. The summed E-state index contributed by atoms with van der Waals surface area (Å²) < 4.78 is 40.2. The molecule has 0 aliphatic heterocycles. The summed E-state index contributed by atoms with van der Waals surface area (Å²) in [5.74, 6) is -1.33. The van der Waals surface area contributed by atoms with Crippen LogP contribution in [0.2, 0.25) is 5.02 Å².